The molecule has 1 aliphatic heterocycles. The molecule has 4 rings (SSSR count). The first-order valence-electron chi connectivity index (χ1n) is 9.96. The minimum absolute atomic E-state index is 0.0700. The van der Waals surface area contributed by atoms with Crippen LogP contribution < -0.4 is 10.2 Å². The van der Waals surface area contributed by atoms with E-state index in [-0.39, 0.29) is 17.8 Å². The third-order valence-electron chi connectivity index (χ3n) is 5.68. The van der Waals surface area contributed by atoms with Gasteiger partial charge in [0.05, 0.1) is 24.4 Å². The van der Waals surface area contributed by atoms with Crippen molar-refractivity contribution in [1.29, 1.82) is 0 Å². The summed E-state index contributed by atoms with van der Waals surface area (Å²) >= 11 is 5.76. The summed E-state index contributed by atoms with van der Waals surface area (Å²) in [5.41, 5.74) is 5.43. The number of ether oxygens (including phenoxy) is 1. The lowest BCUT2D eigenvalue weighted by molar-refractivity contribution is 0.186. The lowest BCUT2D eigenvalue weighted by Crippen LogP contribution is -2.29. The molecule has 6 nitrogen and oxygen atoms in total. The zero-order chi connectivity index (χ0) is 21.3. The number of anilines is 1. The van der Waals surface area contributed by atoms with Crippen LogP contribution in [0, 0.1) is 13.8 Å². The molecule has 7 heteroatoms. The summed E-state index contributed by atoms with van der Waals surface area (Å²) < 4.78 is 7.58. The van der Waals surface area contributed by atoms with Crippen molar-refractivity contribution in [1.82, 2.24) is 14.9 Å². The molecule has 1 aromatic carbocycles. The van der Waals surface area contributed by atoms with Crippen molar-refractivity contribution >= 4 is 23.0 Å². The second-order valence-corrected chi connectivity index (χ2v) is 7.87. The van der Waals surface area contributed by atoms with Crippen molar-refractivity contribution in [2.75, 3.05) is 18.6 Å². The highest BCUT2D eigenvalue weighted by Gasteiger charge is 2.42. The largest absolute Gasteiger partial charge is 0.508 e. The highest BCUT2D eigenvalue weighted by atomic mass is 32.1. The minimum atomic E-state index is -0.0936. The molecule has 3 heterocycles. The van der Waals surface area contributed by atoms with Crippen LogP contribution in [0.25, 0.3) is 0 Å². The SMILES string of the molecule is COCCn1c(C)cc([C@@H]2[C@@H](c3ccccn3)NC(=S)N2c2ccc(O)cc2)c1C. The molecule has 2 atom stereocenters. The number of aromatic nitrogens is 2. The van der Waals surface area contributed by atoms with Crippen LogP contribution >= 0.6 is 12.2 Å². The molecule has 1 fully saturated rings. The van der Waals surface area contributed by atoms with Crippen molar-refractivity contribution in [3.8, 4) is 5.75 Å². The number of rotatable bonds is 6. The van der Waals surface area contributed by atoms with Crippen molar-refractivity contribution in [3.63, 3.8) is 0 Å². The van der Waals surface area contributed by atoms with Gasteiger partial charge < -0.3 is 24.6 Å². The zero-order valence-electron chi connectivity index (χ0n) is 17.4. The Labute approximate surface area is 182 Å². The Balaban J connectivity index is 1.83. The van der Waals surface area contributed by atoms with E-state index in [4.69, 9.17) is 17.0 Å². The molecule has 2 aromatic heterocycles. The number of benzene rings is 1. The van der Waals surface area contributed by atoms with Crippen LogP contribution in [-0.4, -0.2) is 33.5 Å². The number of nitrogens with zero attached hydrogens (tertiary/aromatic N) is 3. The van der Waals surface area contributed by atoms with Crippen LogP contribution in [0.15, 0.2) is 54.7 Å². The molecular formula is C23H26N4O2S. The van der Waals surface area contributed by atoms with E-state index in [1.54, 1.807) is 19.2 Å². The molecule has 0 saturated carbocycles. The van der Waals surface area contributed by atoms with E-state index in [9.17, 15) is 5.11 Å². The third-order valence-corrected chi connectivity index (χ3v) is 5.99. The Morgan fingerprint density at radius 2 is 1.93 bits per heavy atom. The van der Waals surface area contributed by atoms with Crippen LogP contribution in [0.5, 0.6) is 5.75 Å². The second-order valence-electron chi connectivity index (χ2n) is 7.48. The summed E-state index contributed by atoms with van der Waals surface area (Å²) in [6, 6.07) is 15.2. The topological polar surface area (TPSA) is 62.5 Å². The van der Waals surface area contributed by atoms with E-state index in [1.807, 2.05) is 36.5 Å². The number of aromatic hydroxyl groups is 1. The molecule has 0 unspecified atom stereocenters. The van der Waals surface area contributed by atoms with Gasteiger partial charge in [0.2, 0.25) is 0 Å². The number of hydrogen-bond donors (Lipinski definition) is 2. The molecule has 1 aliphatic rings. The van der Waals surface area contributed by atoms with E-state index in [0.29, 0.717) is 11.7 Å². The van der Waals surface area contributed by atoms with E-state index in [0.717, 1.165) is 17.9 Å². The van der Waals surface area contributed by atoms with Crippen LogP contribution in [0.2, 0.25) is 0 Å². The Morgan fingerprint density at radius 3 is 2.60 bits per heavy atom. The monoisotopic (exact) mass is 422 g/mol. The normalized spacial score (nSPS) is 18.6. The predicted octanol–water partition coefficient (Wildman–Crippen LogP) is 4.03. The van der Waals surface area contributed by atoms with Gasteiger partial charge in [0.25, 0.3) is 0 Å². The summed E-state index contributed by atoms with van der Waals surface area (Å²) in [5.74, 6) is 0.229. The van der Waals surface area contributed by atoms with Gasteiger partial charge in [-0.3, -0.25) is 4.98 Å². The van der Waals surface area contributed by atoms with Crippen LogP contribution in [0.1, 0.15) is 34.7 Å². The van der Waals surface area contributed by atoms with Gasteiger partial charge in [0, 0.05) is 36.9 Å². The summed E-state index contributed by atoms with van der Waals surface area (Å²) in [6.07, 6.45) is 1.81. The highest BCUT2D eigenvalue weighted by molar-refractivity contribution is 7.80. The van der Waals surface area contributed by atoms with Gasteiger partial charge in [-0.15, -0.1) is 0 Å². The van der Waals surface area contributed by atoms with Gasteiger partial charge >= 0.3 is 0 Å². The average Bonchev–Trinajstić information content (AvgIpc) is 3.23. The van der Waals surface area contributed by atoms with Gasteiger partial charge in [-0.1, -0.05) is 6.07 Å². The predicted molar refractivity (Wildman–Crippen MR) is 122 cm³/mol. The van der Waals surface area contributed by atoms with Crippen LogP contribution in [0.3, 0.4) is 0 Å². The van der Waals surface area contributed by atoms with Gasteiger partial charge in [-0.2, -0.15) is 0 Å². The van der Waals surface area contributed by atoms with E-state index in [2.05, 4.69) is 39.7 Å². The molecular weight excluding hydrogens is 396 g/mol. The standard InChI is InChI=1S/C23H26N4O2S/c1-15-14-19(16(2)26(15)12-13-29-3)22-21(20-6-4-5-11-24-20)25-23(30)27(22)17-7-9-18(28)10-8-17/h4-11,14,21-22,28H,12-13H2,1-3H3,(H,25,30)/t21-,22-/m1/s1. The minimum Gasteiger partial charge on any atom is -0.508 e. The number of methoxy groups -OCH3 is 1. The molecule has 30 heavy (non-hydrogen) atoms. The fourth-order valence-electron chi connectivity index (χ4n) is 4.22. The van der Waals surface area contributed by atoms with Gasteiger partial charge in [-0.25, -0.2) is 0 Å². The van der Waals surface area contributed by atoms with Crippen LogP contribution in [-0.2, 0) is 11.3 Å². The summed E-state index contributed by atoms with van der Waals surface area (Å²) in [7, 11) is 1.72. The maximum Gasteiger partial charge on any atom is 0.174 e. The molecule has 0 spiro atoms. The lowest BCUT2D eigenvalue weighted by Gasteiger charge is -2.28. The maximum absolute atomic E-state index is 9.75. The number of pyridine rings is 1. The maximum atomic E-state index is 9.75. The van der Waals surface area contributed by atoms with Crippen LogP contribution in [0.4, 0.5) is 5.69 Å². The Bertz CT molecular complexity index is 1030. The molecule has 0 radical (unpaired) electrons. The molecule has 3 aromatic rings. The van der Waals surface area contributed by atoms with Gasteiger partial charge in [-0.05, 0) is 74.1 Å². The number of phenols is 1. The van der Waals surface area contributed by atoms with Crippen molar-refractivity contribution in [2.24, 2.45) is 0 Å². The van der Waals surface area contributed by atoms with Gasteiger partial charge in [0.15, 0.2) is 5.11 Å². The average molecular weight is 423 g/mol. The fourth-order valence-corrected chi connectivity index (χ4v) is 4.56. The van der Waals surface area contributed by atoms with Crippen molar-refractivity contribution in [2.45, 2.75) is 32.5 Å². The van der Waals surface area contributed by atoms with E-state index < -0.39 is 0 Å². The lowest BCUT2D eigenvalue weighted by atomic mass is 9.96. The van der Waals surface area contributed by atoms with Crippen molar-refractivity contribution in [3.05, 3.63) is 77.4 Å². The molecule has 0 amide bonds. The summed E-state index contributed by atoms with van der Waals surface area (Å²) in [6.45, 7) is 5.71. The van der Waals surface area contributed by atoms with Gasteiger partial charge in [0.1, 0.15) is 5.75 Å². The number of phenolic OH excluding ortho intramolecular Hbond substituents is 1. The number of aryl methyl sites for hydroxylation is 1. The molecule has 0 bridgehead atoms. The summed E-state index contributed by atoms with van der Waals surface area (Å²) in [5, 5.41) is 13.9. The quantitative estimate of drug-likeness (QED) is 0.585. The fraction of sp³-hybridized carbons (Fsp3) is 0.304. The first-order valence-corrected chi connectivity index (χ1v) is 10.4. The molecule has 2 N–H and O–H groups in total. The summed E-state index contributed by atoms with van der Waals surface area (Å²) in [4.78, 5) is 6.73. The smallest absolute Gasteiger partial charge is 0.174 e. The van der Waals surface area contributed by atoms with E-state index in [1.165, 1.54) is 17.0 Å². The first-order chi connectivity index (χ1) is 14.5. The van der Waals surface area contributed by atoms with Crippen molar-refractivity contribution < 1.29 is 9.84 Å². The zero-order valence-corrected chi connectivity index (χ0v) is 18.2. The highest BCUT2D eigenvalue weighted by Crippen LogP contribution is 2.43. The third kappa shape index (κ3) is 3.66. The first kappa shape index (κ1) is 20.4. The number of hydrogen-bond acceptors (Lipinski definition) is 4. The molecule has 1 saturated heterocycles. The molecule has 156 valence electrons. The Hall–Kier alpha value is -2.90. The number of thiocarbonyl (C=S) groups is 1. The Morgan fingerprint density at radius 1 is 1.17 bits per heavy atom. The number of nitrogens with one attached hydrogen (secondary N) is 1. The molecule has 0 aliphatic carbocycles. The second kappa shape index (κ2) is 8.45. The van der Waals surface area contributed by atoms with E-state index >= 15 is 0 Å². The Kier molecular flexibility index (Phi) is 5.74.